The topological polar surface area (TPSA) is 58.1 Å². The summed E-state index contributed by atoms with van der Waals surface area (Å²) in [6.07, 6.45) is 2.06. The maximum absolute atomic E-state index is 13.2. The molecule has 0 unspecified atom stereocenters. The van der Waals surface area contributed by atoms with Gasteiger partial charge in [0.1, 0.15) is 11.5 Å². The Morgan fingerprint density at radius 3 is 2.73 bits per heavy atom. The molecule has 1 N–H and O–H groups in total. The van der Waals surface area contributed by atoms with Crippen molar-refractivity contribution in [1.29, 1.82) is 0 Å². The summed E-state index contributed by atoms with van der Waals surface area (Å²) in [4.78, 5) is 22.7. The highest BCUT2D eigenvalue weighted by molar-refractivity contribution is 5.92. The van der Waals surface area contributed by atoms with Crippen molar-refractivity contribution in [2.75, 3.05) is 18.4 Å². The Balaban J connectivity index is 1.84. The predicted molar refractivity (Wildman–Crippen MR) is 81.6 cm³/mol. The van der Waals surface area contributed by atoms with E-state index in [1.165, 1.54) is 12.1 Å². The van der Waals surface area contributed by atoms with Crippen molar-refractivity contribution in [3.05, 3.63) is 47.5 Å². The van der Waals surface area contributed by atoms with Gasteiger partial charge in [-0.2, -0.15) is 0 Å². The van der Waals surface area contributed by atoms with E-state index in [0.29, 0.717) is 23.0 Å². The molecule has 0 aliphatic carbocycles. The van der Waals surface area contributed by atoms with Crippen molar-refractivity contribution < 1.29 is 9.18 Å². The second kappa shape index (κ2) is 6.09. The van der Waals surface area contributed by atoms with Crippen LogP contribution in [0.4, 0.5) is 16.0 Å². The fraction of sp³-hybridized carbons (Fsp3) is 0.312. The number of aryl methyl sites for hydroxylation is 1. The lowest BCUT2D eigenvalue weighted by atomic mass is 10.3. The molecule has 1 saturated heterocycles. The molecule has 1 fully saturated rings. The molecular formula is C16H17FN4O. The maximum Gasteiger partial charge on any atom is 0.272 e. The number of hydrogen-bond donors (Lipinski definition) is 1. The largest absolute Gasteiger partial charge is 0.337 e. The minimum Gasteiger partial charge on any atom is -0.337 e. The Morgan fingerprint density at radius 1 is 1.23 bits per heavy atom. The van der Waals surface area contributed by atoms with Crippen molar-refractivity contribution in [1.82, 2.24) is 14.9 Å². The second-order valence-electron chi connectivity index (χ2n) is 5.35. The average Bonchev–Trinajstić information content (AvgIpc) is 3.00. The van der Waals surface area contributed by atoms with Gasteiger partial charge in [-0.15, -0.1) is 0 Å². The van der Waals surface area contributed by atoms with Crippen LogP contribution in [0.1, 0.15) is 29.0 Å². The van der Waals surface area contributed by atoms with Gasteiger partial charge in [-0.3, -0.25) is 4.79 Å². The van der Waals surface area contributed by atoms with Crippen LogP contribution in [0.2, 0.25) is 0 Å². The molecule has 22 heavy (non-hydrogen) atoms. The molecule has 1 aliphatic heterocycles. The van der Waals surface area contributed by atoms with Gasteiger partial charge in [0.05, 0.1) is 0 Å². The number of carbonyl (C=O) groups excluding carboxylic acids is 1. The molecule has 5 nitrogen and oxygen atoms in total. The number of anilines is 2. The van der Waals surface area contributed by atoms with Gasteiger partial charge in [0.25, 0.3) is 5.91 Å². The van der Waals surface area contributed by atoms with Crippen LogP contribution in [0, 0.1) is 12.7 Å². The number of rotatable bonds is 3. The van der Waals surface area contributed by atoms with E-state index < -0.39 is 0 Å². The predicted octanol–water partition coefficient (Wildman–Crippen LogP) is 2.90. The number of amides is 1. The summed E-state index contributed by atoms with van der Waals surface area (Å²) in [5, 5.41) is 2.94. The van der Waals surface area contributed by atoms with E-state index in [2.05, 4.69) is 15.3 Å². The van der Waals surface area contributed by atoms with Crippen molar-refractivity contribution in [2.45, 2.75) is 19.8 Å². The monoisotopic (exact) mass is 300 g/mol. The molecule has 0 atom stereocenters. The fourth-order valence-electron chi connectivity index (χ4n) is 2.51. The summed E-state index contributed by atoms with van der Waals surface area (Å²) >= 11 is 0. The SMILES string of the molecule is Cc1cc(C(=O)N2CCCC2)nc(Nc2cccc(F)c2)n1. The minimum atomic E-state index is -0.342. The average molecular weight is 300 g/mol. The van der Waals surface area contributed by atoms with Crippen molar-refractivity contribution in [2.24, 2.45) is 0 Å². The number of carbonyl (C=O) groups is 1. The summed E-state index contributed by atoms with van der Waals surface area (Å²) in [6.45, 7) is 3.35. The normalized spacial score (nSPS) is 14.2. The van der Waals surface area contributed by atoms with E-state index in [1.807, 2.05) is 0 Å². The lowest BCUT2D eigenvalue weighted by Gasteiger charge is -2.15. The van der Waals surface area contributed by atoms with Gasteiger partial charge in [-0.25, -0.2) is 14.4 Å². The van der Waals surface area contributed by atoms with E-state index in [-0.39, 0.29) is 11.7 Å². The molecule has 0 saturated carbocycles. The summed E-state index contributed by atoms with van der Waals surface area (Å²) in [7, 11) is 0. The third-order valence-electron chi connectivity index (χ3n) is 3.55. The number of nitrogens with zero attached hydrogens (tertiary/aromatic N) is 3. The van der Waals surface area contributed by atoms with Crippen LogP contribution in [0.5, 0.6) is 0 Å². The molecule has 2 aromatic rings. The fourth-order valence-corrected chi connectivity index (χ4v) is 2.51. The Hall–Kier alpha value is -2.50. The molecular weight excluding hydrogens is 283 g/mol. The number of benzene rings is 1. The van der Waals surface area contributed by atoms with Gasteiger partial charge in [-0.1, -0.05) is 6.07 Å². The van der Waals surface area contributed by atoms with E-state index in [0.717, 1.165) is 25.9 Å². The van der Waals surface area contributed by atoms with Crippen molar-refractivity contribution in [3.8, 4) is 0 Å². The zero-order chi connectivity index (χ0) is 15.5. The molecule has 3 rings (SSSR count). The second-order valence-corrected chi connectivity index (χ2v) is 5.35. The summed E-state index contributed by atoms with van der Waals surface area (Å²) in [5.74, 6) is -0.121. The first kappa shape index (κ1) is 14.4. The van der Waals surface area contributed by atoms with Crippen LogP contribution in [-0.2, 0) is 0 Å². The first-order valence-corrected chi connectivity index (χ1v) is 7.29. The molecule has 0 radical (unpaired) electrons. The zero-order valence-corrected chi connectivity index (χ0v) is 12.3. The van der Waals surface area contributed by atoms with E-state index >= 15 is 0 Å². The molecule has 1 amide bonds. The third kappa shape index (κ3) is 3.21. The molecule has 0 bridgehead atoms. The molecule has 0 spiro atoms. The highest BCUT2D eigenvalue weighted by atomic mass is 19.1. The van der Waals surface area contributed by atoms with Crippen LogP contribution in [-0.4, -0.2) is 33.9 Å². The number of likely N-dealkylation sites (tertiary alicyclic amines) is 1. The Kier molecular flexibility index (Phi) is 4.00. The lowest BCUT2D eigenvalue weighted by molar-refractivity contribution is 0.0787. The number of nitrogens with one attached hydrogen (secondary N) is 1. The molecule has 1 aliphatic rings. The summed E-state index contributed by atoms with van der Waals surface area (Å²) < 4.78 is 13.2. The Morgan fingerprint density at radius 2 is 2.00 bits per heavy atom. The Labute approximate surface area is 128 Å². The lowest BCUT2D eigenvalue weighted by Crippen LogP contribution is -2.28. The highest BCUT2D eigenvalue weighted by Crippen LogP contribution is 2.17. The van der Waals surface area contributed by atoms with Crippen LogP contribution in [0.3, 0.4) is 0 Å². The van der Waals surface area contributed by atoms with Gasteiger partial charge in [-0.05, 0) is 44.0 Å². The molecule has 114 valence electrons. The van der Waals surface area contributed by atoms with Gasteiger partial charge in [0.2, 0.25) is 5.95 Å². The number of hydrogen-bond acceptors (Lipinski definition) is 4. The number of aromatic nitrogens is 2. The highest BCUT2D eigenvalue weighted by Gasteiger charge is 2.21. The standard InChI is InChI=1S/C16H17FN4O/c1-11-9-14(15(22)21-7-2-3-8-21)20-16(18-11)19-13-6-4-5-12(17)10-13/h4-6,9-10H,2-3,7-8H2,1H3,(H,18,19,20). The first-order chi connectivity index (χ1) is 10.6. The minimum absolute atomic E-state index is 0.0784. The van der Waals surface area contributed by atoms with Crippen LogP contribution >= 0.6 is 0 Å². The smallest absolute Gasteiger partial charge is 0.272 e. The molecule has 1 aromatic carbocycles. The summed E-state index contributed by atoms with van der Waals surface area (Å²) in [6, 6.07) is 7.72. The summed E-state index contributed by atoms with van der Waals surface area (Å²) in [5.41, 5.74) is 1.61. The molecule has 2 heterocycles. The third-order valence-corrected chi connectivity index (χ3v) is 3.55. The molecule has 1 aromatic heterocycles. The zero-order valence-electron chi connectivity index (χ0n) is 12.3. The maximum atomic E-state index is 13.2. The quantitative estimate of drug-likeness (QED) is 0.947. The van der Waals surface area contributed by atoms with E-state index in [4.69, 9.17) is 0 Å². The van der Waals surface area contributed by atoms with Gasteiger partial charge >= 0.3 is 0 Å². The Bertz CT molecular complexity index is 698. The van der Waals surface area contributed by atoms with Crippen molar-refractivity contribution >= 4 is 17.5 Å². The number of halogens is 1. The van der Waals surface area contributed by atoms with Crippen LogP contribution < -0.4 is 5.32 Å². The van der Waals surface area contributed by atoms with E-state index in [1.54, 1.807) is 30.0 Å². The van der Waals surface area contributed by atoms with Crippen LogP contribution in [0.25, 0.3) is 0 Å². The molecule has 6 heteroatoms. The van der Waals surface area contributed by atoms with Gasteiger partial charge in [0.15, 0.2) is 0 Å². The van der Waals surface area contributed by atoms with Gasteiger partial charge in [0, 0.05) is 24.5 Å². The first-order valence-electron chi connectivity index (χ1n) is 7.29. The van der Waals surface area contributed by atoms with Gasteiger partial charge < -0.3 is 10.2 Å². The van der Waals surface area contributed by atoms with E-state index in [9.17, 15) is 9.18 Å². The van der Waals surface area contributed by atoms with Crippen molar-refractivity contribution in [3.63, 3.8) is 0 Å². The van der Waals surface area contributed by atoms with Crippen LogP contribution in [0.15, 0.2) is 30.3 Å².